The van der Waals surface area contributed by atoms with E-state index >= 15 is 0 Å². The molecule has 0 aliphatic rings. The molecule has 2 amide bonds. The predicted octanol–water partition coefficient (Wildman–Crippen LogP) is 3.87. The summed E-state index contributed by atoms with van der Waals surface area (Å²) in [5.41, 5.74) is 0.334. The van der Waals surface area contributed by atoms with Crippen LogP contribution in [-0.2, 0) is 30.4 Å². The van der Waals surface area contributed by atoms with Gasteiger partial charge in [0, 0.05) is 27.1 Å². The zero-order valence-electron chi connectivity index (χ0n) is 21.3. The first kappa shape index (κ1) is 28.4. The lowest BCUT2D eigenvalue weighted by Crippen LogP contribution is -2.54. The molecule has 0 bridgehead atoms. The van der Waals surface area contributed by atoms with Gasteiger partial charge in [-0.15, -0.1) is 0 Å². The van der Waals surface area contributed by atoms with E-state index in [1.165, 1.54) is 16.9 Å². The van der Waals surface area contributed by atoms with Crippen molar-refractivity contribution in [3.8, 4) is 0 Å². The number of carbonyl (C=O) groups excluding carboxylic acids is 3. The van der Waals surface area contributed by atoms with Crippen LogP contribution in [0.25, 0.3) is 0 Å². The Balaban J connectivity index is 2.91. The SMILES string of the molecule is COC(=O)[C@@H](CCOCc1ccccc1)N(C)C(=O)[C@H](CC(C)C)N(C)C(=O)OC(C)(C)C. The smallest absolute Gasteiger partial charge is 0.410 e. The van der Waals surface area contributed by atoms with Gasteiger partial charge in [-0.25, -0.2) is 9.59 Å². The van der Waals surface area contributed by atoms with Crippen molar-refractivity contribution in [2.24, 2.45) is 5.92 Å². The van der Waals surface area contributed by atoms with E-state index in [1.54, 1.807) is 34.9 Å². The van der Waals surface area contributed by atoms with Crippen molar-refractivity contribution in [2.75, 3.05) is 27.8 Å². The highest BCUT2D eigenvalue weighted by molar-refractivity contribution is 5.89. The molecule has 33 heavy (non-hydrogen) atoms. The molecule has 0 aliphatic carbocycles. The molecule has 0 unspecified atom stereocenters. The Morgan fingerprint density at radius 2 is 1.58 bits per heavy atom. The van der Waals surface area contributed by atoms with Crippen LogP contribution in [0.3, 0.4) is 0 Å². The lowest BCUT2D eigenvalue weighted by Gasteiger charge is -2.35. The molecular weight excluding hydrogens is 424 g/mol. The second kappa shape index (κ2) is 13.2. The number of hydrogen-bond acceptors (Lipinski definition) is 6. The van der Waals surface area contributed by atoms with Gasteiger partial charge in [0.1, 0.15) is 17.7 Å². The van der Waals surface area contributed by atoms with Crippen LogP contribution in [0.15, 0.2) is 30.3 Å². The van der Waals surface area contributed by atoms with Gasteiger partial charge >= 0.3 is 12.1 Å². The number of hydrogen-bond donors (Lipinski definition) is 0. The molecular formula is C25H40N2O6. The molecule has 0 aromatic heterocycles. The van der Waals surface area contributed by atoms with Gasteiger partial charge < -0.3 is 19.1 Å². The number of carbonyl (C=O) groups is 3. The standard InChI is InChI=1S/C25H40N2O6/c1-18(2)16-21(27(7)24(30)33-25(3,4)5)22(28)26(6)20(23(29)31-8)14-15-32-17-19-12-10-9-11-13-19/h9-13,18,20-21H,14-17H2,1-8H3/t20-,21+/m1/s1. The first-order valence-corrected chi connectivity index (χ1v) is 11.3. The van der Waals surface area contributed by atoms with E-state index in [2.05, 4.69) is 0 Å². The molecule has 0 saturated heterocycles. The van der Waals surface area contributed by atoms with Crippen LogP contribution in [0.2, 0.25) is 0 Å². The van der Waals surface area contributed by atoms with Crippen molar-refractivity contribution in [1.29, 1.82) is 0 Å². The third kappa shape index (κ3) is 9.82. The third-order valence-corrected chi connectivity index (χ3v) is 5.06. The number of esters is 1. The number of rotatable bonds is 11. The Kier molecular flexibility index (Phi) is 11.4. The zero-order valence-corrected chi connectivity index (χ0v) is 21.3. The average molecular weight is 465 g/mol. The molecule has 8 heteroatoms. The number of methoxy groups -OCH3 is 1. The third-order valence-electron chi connectivity index (χ3n) is 5.06. The second-order valence-corrected chi connectivity index (χ2v) is 9.55. The minimum Gasteiger partial charge on any atom is -0.467 e. The van der Waals surface area contributed by atoms with E-state index in [1.807, 2.05) is 44.2 Å². The molecule has 0 spiro atoms. The van der Waals surface area contributed by atoms with E-state index in [-0.39, 0.29) is 24.9 Å². The van der Waals surface area contributed by atoms with Crippen molar-refractivity contribution < 1.29 is 28.6 Å². The average Bonchev–Trinajstić information content (AvgIpc) is 2.75. The Morgan fingerprint density at radius 3 is 2.09 bits per heavy atom. The maximum absolute atomic E-state index is 13.4. The molecule has 1 aromatic rings. The molecule has 186 valence electrons. The molecule has 0 heterocycles. The molecule has 8 nitrogen and oxygen atoms in total. The van der Waals surface area contributed by atoms with Gasteiger partial charge in [-0.1, -0.05) is 44.2 Å². The number of benzene rings is 1. The summed E-state index contributed by atoms with van der Waals surface area (Å²) in [7, 11) is 4.39. The summed E-state index contributed by atoms with van der Waals surface area (Å²) in [5.74, 6) is -0.740. The summed E-state index contributed by atoms with van der Waals surface area (Å²) in [5, 5.41) is 0. The van der Waals surface area contributed by atoms with Crippen LogP contribution in [0.4, 0.5) is 4.79 Å². The number of amides is 2. The fourth-order valence-electron chi connectivity index (χ4n) is 3.29. The minimum absolute atomic E-state index is 0.142. The Hall–Kier alpha value is -2.61. The van der Waals surface area contributed by atoms with Crippen molar-refractivity contribution in [2.45, 2.75) is 71.8 Å². The van der Waals surface area contributed by atoms with Gasteiger partial charge in [0.25, 0.3) is 0 Å². The van der Waals surface area contributed by atoms with Crippen molar-refractivity contribution in [1.82, 2.24) is 9.80 Å². The quantitative estimate of drug-likeness (QED) is 0.365. The fourth-order valence-corrected chi connectivity index (χ4v) is 3.29. The van der Waals surface area contributed by atoms with Gasteiger partial charge in [-0.05, 0) is 38.7 Å². The minimum atomic E-state index is -0.833. The highest BCUT2D eigenvalue weighted by Gasteiger charge is 2.36. The van der Waals surface area contributed by atoms with E-state index in [0.717, 1.165) is 5.56 Å². The molecule has 1 aromatic carbocycles. The summed E-state index contributed by atoms with van der Waals surface area (Å²) >= 11 is 0. The second-order valence-electron chi connectivity index (χ2n) is 9.55. The maximum Gasteiger partial charge on any atom is 0.410 e. The largest absolute Gasteiger partial charge is 0.467 e. The van der Waals surface area contributed by atoms with E-state index in [9.17, 15) is 14.4 Å². The molecule has 2 atom stereocenters. The first-order chi connectivity index (χ1) is 15.4. The van der Waals surface area contributed by atoms with Crippen LogP contribution in [-0.4, -0.2) is 73.3 Å². The van der Waals surface area contributed by atoms with Crippen LogP contribution in [0, 0.1) is 5.92 Å². The Morgan fingerprint density at radius 1 is 0.970 bits per heavy atom. The van der Waals surface area contributed by atoms with Crippen LogP contribution in [0.5, 0.6) is 0 Å². The number of nitrogens with zero attached hydrogens (tertiary/aromatic N) is 2. The molecule has 0 radical (unpaired) electrons. The molecule has 0 N–H and O–H groups in total. The highest BCUT2D eigenvalue weighted by Crippen LogP contribution is 2.19. The first-order valence-electron chi connectivity index (χ1n) is 11.3. The van der Waals surface area contributed by atoms with Crippen molar-refractivity contribution in [3.05, 3.63) is 35.9 Å². The summed E-state index contributed by atoms with van der Waals surface area (Å²) in [6.45, 7) is 9.93. The highest BCUT2D eigenvalue weighted by atomic mass is 16.6. The zero-order chi connectivity index (χ0) is 25.2. The fraction of sp³-hybridized carbons (Fsp3) is 0.640. The topological polar surface area (TPSA) is 85.4 Å². The van der Waals surface area contributed by atoms with Gasteiger partial charge in [-0.3, -0.25) is 9.69 Å². The van der Waals surface area contributed by atoms with Crippen LogP contribution < -0.4 is 0 Å². The molecule has 0 aliphatic heterocycles. The monoisotopic (exact) mass is 464 g/mol. The number of ether oxygens (including phenoxy) is 3. The lowest BCUT2D eigenvalue weighted by molar-refractivity contribution is -0.154. The molecule has 1 rings (SSSR count). The van der Waals surface area contributed by atoms with Crippen LogP contribution >= 0.6 is 0 Å². The summed E-state index contributed by atoms with van der Waals surface area (Å²) in [6, 6.07) is 8.09. The van der Waals surface area contributed by atoms with E-state index in [0.29, 0.717) is 13.0 Å². The lowest BCUT2D eigenvalue weighted by atomic mass is 10.0. The van der Waals surface area contributed by atoms with Crippen molar-refractivity contribution >= 4 is 18.0 Å². The van der Waals surface area contributed by atoms with Gasteiger partial charge in [-0.2, -0.15) is 0 Å². The summed E-state index contributed by atoms with van der Waals surface area (Å²) < 4.78 is 16.1. The number of likely N-dealkylation sites (N-methyl/N-ethyl adjacent to an activating group) is 2. The molecule has 0 fully saturated rings. The van der Waals surface area contributed by atoms with E-state index < -0.39 is 29.7 Å². The summed E-state index contributed by atoms with van der Waals surface area (Å²) in [4.78, 5) is 41.2. The maximum atomic E-state index is 13.4. The molecule has 0 saturated carbocycles. The normalized spacial score (nSPS) is 13.2. The Bertz CT molecular complexity index is 760. The van der Waals surface area contributed by atoms with Gasteiger partial charge in [0.05, 0.1) is 13.7 Å². The van der Waals surface area contributed by atoms with Gasteiger partial charge in [0.2, 0.25) is 5.91 Å². The van der Waals surface area contributed by atoms with Crippen LogP contribution in [0.1, 0.15) is 53.0 Å². The summed E-state index contributed by atoms with van der Waals surface area (Å²) in [6.07, 6.45) is 0.111. The van der Waals surface area contributed by atoms with Gasteiger partial charge in [0.15, 0.2) is 0 Å². The predicted molar refractivity (Wildman–Crippen MR) is 127 cm³/mol. The Labute approximate surface area is 198 Å². The van der Waals surface area contributed by atoms with Crippen molar-refractivity contribution in [3.63, 3.8) is 0 Å². The van der Waals surface area contributed by atoms with E-state index in [4.69, 9.17) is 14.2 Å².